The van der Waals surface area contributed by atoms with Crippen LogP contribution in [0.2, 0.25) is 0 Å². The van der Waals surface area contributed by atoms with Gasteiger partial charge >= 0.3 is 29.6 Å². The first-order chi connectivity index (χ1) is 8.77. The summed E-state index contributed by atoms with van der Waals surface area (Å²) in [5.41, 5.74) is 0.465. The molecule has 0 atom stereocenters. The maximum Gasteiger partial charge on any atom is 1.00 e. The molecule has 2 aromatic rings. The number of nitrogens with one attached hydrogen (secondary N) is 1. The molecule has 0 radical (unpaired) electrons. The molecule has 0 aliphatic heterocycles. The van der Waals surface area contributed by atoms with Gasteiger partial charge in [-0.25, -0.2) is 0 Å². The Morgan fingerprint density at radius 2 is 1.85 bits per heavy atom. The van der Waals surface area contributed by atoms with Crippen LogP contribution in [0, 0.1) is 0 Å². The van der Waals surface area contributed by atoms with Crippen LogP contribution in [0.15, 0.2) is 35.2 Å². The number of anilines is 1. The number of carbonyl (C=O) groups is 1. The number of carbonyl (C=O) groups excluding carboxylic acids is 1. The molecule has 0 heterocycles. The Bertz CT molecular complexity index is 773. The van der Waals surface area contributed by atoms with Gasteiger partial charge in [-0.15, -0.1) is 0 Å². The number of aromatic hydroxyl groups is 1. The predicted molar refractivity (Wildman–Crippen MR) is 69.7 cm³/mol. The summed E-state index contributed by atoms with van der Waals surface area (Å²) in [5.74, 6) is -0.533. The van der Waals surface area contributed by atoms with Crippen LogP contribution < -0.4 is 34.9 Å². The Kier molecular flexibility index (Phi) is 5.17. The Balaban J connectivity index is 0.00000200. The zero-order valence-electron chi connectivity index (χ0n) is 10.9. The molecule has 0 bridgehead atoms. The molecule has 2 rings (SSSR count). The van der Waals surface area contributed by atoms with E-state index in [1.54, 1.807) is 12.1 Å². The van der Waals surface area contributed by atoms with Crippen molar-refractivity contribution in [3.8, 4) is 5.75 Å². The zero-order chi connectivity index (χ0) is 14.2. The monoisotopic (exact) mass is 304 g/mol. The van der Waals surface area contributed by atoms with E-state index in [4.69, 9.17) is 4.55 Å². The van der Waals surface area contributed by atoms with Crippen molar-refractivity contribution < 1.29 is 52.4 Å². The van der Waals surface area contributed by atoms with Crippen molar-refractivity contribution >= 4 is 32.5 Å². The van der Waals surface area contributed by atoms with Crippen molar-refractivity contribution in [3.05, 3.63) is 30.3 Å². The molecule has 6 nitrogen and oxygen atoms in total. The second-order valence-electron chi connectivity index (χ2n) is 4.03. The molecule has 0 saturated carbocycles. The van der Waals surface area contributed by atoms with E-state index in [9.17, 15) is 18.3 Å². The van der Waals surface area contributed by atoms with Gasteiger partial charge in [-0.3, -0.25) is 9.35 Å². The number of phenols is 1. The number of amides is 1. The van der Waals surface area contributed by atoms with Crippen LogP contribution in [0.3, 0.4) is 0 Å². The van der Waals surface area contributed by atoms with Gasteiger partial charge in [0.05, 0.1) is 4.90 Å². The second-order valence-corrected chi connectivity index (χ2v) is 5.46. The fourth-order valence-electron chi connectivity index (χ4n) is 1.75. The molecule has 1 amide bonds. The van der Waals surface area contributed by atoms with Gasteiger partial charge in [-0.1, -0.05) is 0 Å². The molecule has 3 N–H and O–H groups in total. The van der Waals surface area contributed by atoms with Crippen LogP contribution in [-0.2, 0) is 14.9 Å². The van der Waals surface area contributed by atoms with Crippen LogP contribution >= 0.6 is 0 Å². The average molecular weight is 304 g/mol. The van der Waals surface area contributed by atoms with Gasteiger partial charge in [0.15, 0.2) is 0 Å². The van der Waals surface area contributed by atoms with Crippen LogP contribution in [-0.4, -0.2) is 24.0 Å². The van der Waals surface area contributed by atoms with E-state index in [1.165, 1.54) is 19.1 Å². The number of fused-ring (bicyclic) bond motifs is 1. The molecule has 100 valence electrons. The maximum absolute atomic E-state index is 11.1. The third-order valence-electron chi connectivity index (χ3n) is 2.52. The second kappa shape index (κ2) is 6.11. The standard InChI is InChI=1S/C12H11NO5S.Na/c1-7(14)13-9-2-3-11-8(4-9)5-10(6-12(11)15)19(16,17)18;/h2-6,15H,1H3,(H,13,14)(H,16,17,18);/q;+1. The average Bonchev–Trinajstić information content (AvgIpc) is 2.26. The summed E-state index contributed by atoms with van der Waals surface area (Å²) in [6.45, 7) is 1.34. The van der Waals surface area contributed by atoms with Crippen molar-refractivity contribution in [2.45, 2.75) is 11.8 Å². The summed E-state index contributed by atoms with van der Waals surface area (Å²) in [7, 11) is -4.40. The Labute approximate surface area is 137 Å². The quantitative estimate of drug-likeness (QED) is 0.475. The van der Waals surface area contributed by atoms with Crippen molar-refractivity contribution in [2.75, 3.05) is 5.32 Å². The third-order valence-corrected chi connectivity index (χ3v) is 3.35. The molecule has 0 aliphatic rings. The van der Waals surface area contributed by atoms with Gasteiger partial charge in [-0.05, 0) is 29.7 Å². The van der Waals surface area contributed by atoms with Gasteiger partial charge in [-0.2, -0.15) is 8.42 Å². The van der Waals surface area contributed by atoms with Crippen LogP contribution in [0.4, 0.5) is 5.69 Å². The minimum Gasteiger partial charge on any atom is -0.507 e. The van der Waals surface area contributed by atoms with Crippen LogP contribution in [0.25, 0.3) is 10.8 Å². The molecule has 0 saturated heterocycles. The molecule has 0 aromatic heterocycles. The van der Waals surface area contributed by atoms with Gasteiger partial charge in [0.2, 0.25) is 5.91 Å². The summed E-state index contributed by atoms with van der Waals surface area (Å²) < 4.78 is 31.1. The molecular formula is C12H11NNaO5S+. The fraction of sp³-hybridized carbons (Fsp3) is 0.0833. The SMILES string of the molecule is CC(=O)Nc1ccc2c(O)cc(S(=O)(=O)O)cc2c1.[Na+]. The molecule has 20 heavy (non-hydrogen) atoms. The van der Waals surface area contributed by atoms with E-state index in [0.29, 0.717) is 16.5 Å². The minimum absolute atomic E-state index is 0. The van der Waals surface area contributed by atoms with Gasteiger partial charge in [0.1, 0.15) is 5.75 Å². The van der Waals surface area contributed by atoms with Crippen LogP contribution in [0.1, 0.15) is 6.92 Å². The maximum atomic E-state index is 11.1. The van der Waals surface area contributed by atoms with Gasteiger partial charge in [0, 0.05) is 24.1 Å². The number of rotatable bonds is 2. The van der Waals surface area contributed by atoms with E-state index in [2.05, 4.69) is 5.32 Å². The molecular weight excluding hydrogens is 293 g/mol. The van der Waals surface area contributed by atoms with Crippen LogP contribution in [0.5, 0.6) is 5.75 Å². The summed E-state index contributed by atoms with van der Waals surface area (Å²) in [5, 5.41) is 13.1. The summed E-state index contributed by atoms with van der Waals surface area (Å²) >= 11 is 0. The molecule has 0 unspecified atom stereocenters. The van der Waals surface area contributed by atoms with Gasteiger partial charge < -0.3 is 10.4 Å². The fourth-order valence-corrected chi connectivity index (χ4v) is 2.29. The van der Waals surface area contributed by atoms with Crippen molar-refractivity contribution in [1.29, 1.82) is 0 Å². The largest absolute Gasteiger partial charge is 1.00 e. The zero-order valence-corrected chi connectivity index (χ0v) is 13.7. The summed E-state index contributed by atoms with van der Waals surface area (Å²) in [6.07, 6.45) is 0. The first-order valence-corrected chi connectivity index (χ1v) is 6.73. The van der Waals surface area contributed by atoms with Crippen molar-refractivity contribution in [1.82, 2.24) is 0 Å². The third kappa shape index (κ3) is 3.71. The van der Waals surface area contributed by atoms with E-state index >= 15 is 0 Å². The number of hydrogen-bond donors (Lipinski definition) is 3. The van der Waals surface area contributed by atoms with E-state index in [-0.39, 0.29) is 41.2 Å². The smallest absolute Gasteiger partial charge is 0.507 e. The molecule has 8 heteroatoms. The van der Waals surface area contributed by atoms with E-state index in [1.807, 2.05) is 0 Å². The summed E-state index contributed by atoms with van der Waals surface area (Å²) in [4.78, 5) is 10.5. The van der Waals surface area contributed by atoms with E-state index < -0.39 is 15.0 Å². The molecule has 0 aliphatic carbocycles. The Morgan fingerprint density at radius 3 is 2.40 bits per heavy atom. The molecule has 0 fully saturated rings. The molecule has 0 spiro atoms. The Morgan fingerprint density at radius 1 is 1.20 bits per heavy atom. The van der Waals surface area contributed by atoms with Crippen molar-refractivity contribution in [2.24, 2.45) is 0 Å². The first kappa shape index (κ1) is 16.9. The number of hydrogen-bond acceptors (Lipinski definition) is 4. The van der Waals surface area contributed by atoms with Crippen molar-refractivity contribution in [3.63, 3.8) is 0 Å². The predicted octanol–water partition coefficient (Wildman–Crippen LogP) is -1.25. The Hall–Kier alpha value is -1.12. The van der Waals surface area contributed by atoms with E-state index in [0.717, 1.165) is 6.07 Å². The minimum atomic E-state index is -4.40. The number of benzene rings is 2. The topological polar surface area (TPSA) is 104 Å². The normalized spacial score (nSPS) is 10.9. The first-order valence-electron chi connectivity index (χ1n) is 5.29. The number of phenolic OH excluding ortho intramolecular Hbond substituents is 1. The molecule has 2 aromatic carbocycles. The van der Waals surface area contributed by atoms with Gasteiger partial charge in [0.25, 0.3) is 10.1 Å². The summed E-state index contributed by atoms with van der Waals surface area (Å²) in [6, 6.07) is 6.82.